The zero-order valence-corrected chi connectivity index (χ0v) is 16.6. The summed E-state index contributed by atoms with van der Waals surface area (Å²) in [5.41, 5.74) is 1.22. The predicted octanol–water partition coefficient (Wildman–Crippen LogP) is 2.79. The van der Waals surface area contributed by atoms with Crippen LogP contribution in [0.25, 0.3) is 0 Å². The molecular formula is C21H30N2O4. The van der Waals surface area contributed by atoms with Gasteiger partial charge in [-0.3, -0.25) is 9.69 Å². The molecule has 1 saturated carbocycles. The highest BCUT2D eigenvalue weighted by Crippen LogP contribution is 2.42. The molecular weight excluding hydrogens is 344 g/mol. The first-order valence-electron chi connectivity index (χ1n) is 9.78. The number of β-amino-alcohol motifs (C(OH)–C–C–N with tert-alkyl or cyclic N) is 1. The highest BCUT2D eigenvalue weighted by molar-refractivity contribution is 6.07. The van der Waals surface area contributed by atoms with Crippen molar-refractivity contribution in [1.29, 1.82) is 0 Å². The van der Waals surface area contributed by atoms with Gasteiger partial charge in [-0.2, -0.15) is 0 Å². The molecule has 6 heteroatoms. The average molecular weight is 374 g/mol. The number of nitrogens with zero attached hydrogens (tertiary/aromatic N) is 1. The maximum Gasteiger partial charge on any atom is 0.325 e. The van der Waals surface area contributed by atoms with Crippen LogP contribution in [-0.2, 0) is 4.79 Å². The maximum atomic E-state index is 13.1. The lowest BCUT2D eigenvalue weighted by Gasteiger charge is -2.42. The monoisotopic (exact) mass is 374 g/mol. The molecule has 1 aromatic carbocycles. The lowest BCUT2D eigenvalue weighted by molar-refractivity contribution is -0.137. The summed E-state index contributed by atoms with van der Waals surface area (Å²) in [6, 6.07) is 5.46. The molecule has 3 unspecified atom stereocenters. The largest absolute Gasteiger partial charge is 0.491 e. The number of hydrogen-bond donors (Lipinski definition) is 2. The number of amides is 3. The summed E-state index contributed by atoms with van der Waals surface area (Å²) in [6.45, 7) is 7.93. The Labute approximate surface area is 160 Å². The van der Waals surface area contributed by atoms with Crippen molar-refractivity contribution in [2.45, 2.75) is 58.6 Å². The van der Waals surface area contributed by atoms with Gasteiger partial charge in [-0.05, 0) is 55.7 Å². The minimum atomic E-state index is -0.941. The number of nitrogens with one attached hydrogen (secondary N) is 1. The molecule has 0 aromatic heterocycles. The van der Waals surface area contributed by atoms with Crippen LogP contribution in [0, 0.1) is 25.7 Å². The van der Waals surface area contributed by atoms with Gasteiger partial charge in [0.2, 0.25) is 0 Å². The van der Waals surface area contributed by atoms with Gasteiger partial charge in [-0.15, -0.1) is 0 Å². The van der Waals surface area contributed by atoms with E-state index in [0.717, 1.165) is 35.3 Å². The topological polar surface area (TPSA) is 78.9 Å². The molecule has 27 heavy (non-hydrogen) atoms. The van der Waals surface area contributed by atoms with Gasteiger partial charge in [0.25, 0.3) is 5.91 Å². The number of benzene rings is 1. The lowest BCUT2D eigenvalue weighted by Crippen LogP contribution is -2.59. The molecule has 1 saturated heterocycles. The van der Waals surface area contributed by atoms with Gasteiger partial charge in [-0.25, -0.2) is 4.79 Å². The van der Waals surface area contributed by atoms with Gasteiger partial charge in [0.15, 0.2) is 0 Å². The molecule has 3 rings (SSSR count). The van der Waals surface area contributed by atoms with Crippen LogP contribution in [0.5, 0.6) is 5.75 Å². The Morgan fingerprint density at radius 2 is 1.93 bits per heavy atom. The van der Waals surface area contributed by atoms with Crippen LogP contribution >= 0.6 is 0 Å². The van der Waals surface area contributed by atoms with Crippen LogP contribution in [0.2, 0.25) is 0 Å². The van der Waals surface area contributed by atoms with Crippen LogP contribution in [0.4, 0.5) is 4.79 Å². The summed E-state index contributed by atoms with van der Waals surface area (Å²) in [4.78, 5) is 26.8. The Morgan fingerprint density at radius 3 is 2.59 bits per heavy atom. The van der Waals surface area contributed by atoms with Crippen molar-refractivity contribution >= 4 is 11.9 Å². The highest BCUT2D eigenvalue weighted by atomic mass is 16.5. The quantitative estimate of drug-likeness (QED) is 0.777. The van der Waals surface area contributed by atoms with Gasteiger partial charge in [-0.1, -0.05) is 32.4 Å². The van der Waals surface area contributed by atoms with E-state index in [2.05, 4.69) is 5.32 Å². The van der Waals surface area contributed by atoms with Crippen LogP contribution in [-0.4, -0.2) is 46.7 Å². The van der Waals surface area contributed by atoms with Crippen molar-refractivity contribution < 1.29 is 19.4 Å². The molecule has 2 fully saturated rings. The Morgan fingerprint density at radius 1 is 1.26 bits per heavy atom. The number of aliphatic hydroxyl groups excluding tert-OH is 1. The fraction of sp³-hybridized carbons (Fsp3) is 0.619. The number of rotatable bonds is 5. The van der Waals surface area contributed by atoms with Gasteiger partial charge in [0.1, 0.15) is 24.0 Å². The second-order valence-corrected chi connectivity index (χ2v) is 8.18. The molecule has 148 valence electrons. The SMILES string of the molecule is Cc1ccc(C)c(OCC(O)CN2C(=O)NC3(C2=O)C(C)CCCC3C)c1. The first-order chi connectivity index (χ1) is 12.8. The third kappa shape index (κ3) is 3.55. The molecule has 3 amide bonds. The summed E-state index contributed by atoms with van der Waals surface area (Å²) in [5, 5.41) is 13.3. The molecule has 0 radical (unpaired) electrons. The second-order valence-electron chi connectivity index (χ2n) is 8.18. The number of imide groups is 1. The number of hydrogen-bond acceptors (Lipinski definition) is 4. The van der Waals surface area contributed by atoms with Crippen molar-refractivity contribution in [2.24, 2.45) is 11.8 Å². The standard InChI is InChI=1S/C21H30N2O4/c1-13-8-9-14(2)18(10-13)27-12-17(24)11-23-19(25)21(22-20(23)26)15(3)6-5-7-16(21)4/h8-10,15-17,24H,5-7,11-12H2,1-4H3,(H,22,26). The van der Waals surface area contributed by atoms with E-state index in [0.29, 0.717) is 5.75 Å². The van der Waals surface area contributed by atoms with Crippen LogP contribution in [0.3, 0.4) is 0 Å². The highest BCUT2D eigenvalue weighted by Gasteiger charge is 2.58. The number of aliphatic hydroxyl groups is 1. The summed E-state index contributed by atoms with van der Waals surface area (Å²) in [6.07, 6.45) is 1.97. The fourth-order valence-corrected chi connectivity index (χ4v) is 4.43. The number of carbonyl (C=O) groups is 2. The average Bonchev–Trinajstić information content (AvgIpc) is 2.86. The van der Waals surface area contributed by atoms with Gasteiger partial charge >= 0.3 is 6.03 Å². The van der Waals surface area contributed by atoms with Crippen molar-refractivity contribution in [1.82, 2.24) is 10.2 Å². The van der Waals surface area contributed by atoms with Crippen molar-refractivity contribution in [3.8, 4) is 5.75 Å². The molecule has 1 spiro atoms. The number of aryl methyl sites for hydroxylation is 2. The van der Waals surface area contributed by atoms with Crippen molar-refractivity contribution in [2.75, 3.05) is 13.2 Å². The maximum absolute atomic E-state index is 13.1. The Balaban J connectivity index is 1.65. The Bertz CT molecular complexity index is 723. The van der Waals surface area contributed by atoms with E-state index < -0.39 is 17.7 Å². The molecule has 3 atom stereocenters. The van der Waals surface area contributed by atoms with Crippen LogP contribution in [0.15, 0.2) is 18.2 Å². The third-order valence-electron chi connectivity index (χ3n) is 6.16. The summed E-state index contributed by atoms with van der Waals surface area (Å²) in [7, 11) is 0. The van der Waals surface area contributed by atoms with E-state index in [4.69, 9.17) is 4.74 Å². The first kappa shape index (κ1) is 19.7. The summed E-state index contributed by atoms with van der Waals surface area (Å²) in [5.74, 6) is 0.673. The van der Waals surface area contributed by atoms with Crippen molar-refractivity contribution in [3.05, 3.63) is 29.3 Å². The van der Waals surface area contributed by atoms with E-state index in [-0.39, 0.29) is 30.9 Å². The summed E-state index contributed by atoms with van der Waals surface area (Å²) < 4.78 is 5.72. The van der Waals surface area contributed by atoms with Gasteiger partial charge < -0.3 is 15.2 Å². The molecule has 1 aliphatic carbocycles. The number of urea groups is 1. The third-order valence-corrected chi connectivity index (χ3v) is 6.16. The molecule has 2 aliphatic rings. The first-order valence-corrected chi connectivity index (χ1v) is 9.78. The lowest BCUT2D eigenvalue weighted by atomic mass is 9.67. The molecule has 1 heterocycles. The van der Waals surface area contributed by atoms with E-state index in [1.807, 2.05) is 45.9 Å². The van der Waals surface area contributed by atoms with E-state index >= 15 is 0 Å². The molecule has 6 nitrogen and oxygen atoms in total. The number of carbonyl (C=O) groups excluding carboxylic acids is 2. The van der Waals surface area contributed by atoms with E-state index in [1.165, 1.54) is 0 Å². The minimum Gasteiger partial charge on any atom is -0.491 e. The van der Waals surface area contributed by atoms with E-state index in [9.17, 15) is 14.7 Å². The zero-order chi connectivity index (χ0) is 19.8. The molecule has 1 aliphatic heterocycles. The van der Waals surface area contributed by atoms with Gasteiger partial charge in [0.05, 0.1) is 6.54 Å². The minimum absolute atomic E-state index is 0.0272. The van der Waals surface area contributed by atoms with Crippen LogP contribution < -0.4 is 10.1 Å². The fourth-order valence-electron chi connectivity index (χ4n) is 4.43. The summed E-state index contributed by atoms with van der Waals surface area (Å²) >= 11 is 0. The van der Waals surface area contributed by atoms with E-state index in [1.54, 1.807) is 0 Å². The molecule has 2 N–H and O–H groups in total. The normalized spacial score (nSPS) is 29.1. The van der Waals surface area contributed by atoms with Crippen molar-refractivity contribution in [3.63, 3.8) is 0 Å². The molecule has 1 aromatic rings. The zero-order valence-electron chi connectivity index (χ0n) is 16.6. The Kier molecular flexibility index (Phi) is 5.47. The van der Waals surface area contributed by atoms with Gasteiger partial charge in [0, 0.05) is 0 Å². The number of ether oxygens (including phenoxy) is 1. The van der Waals surface area contributed by atoms with Crippen LogP contribution in [0.1, 0.15) is 44.2 Å². The smallest absolute Gasteiger partial charge is 0.325 e. The molecule has 0 bridgehead atoms. The second kappa shape index (κ2) is 7.50. The Hall–Kier alpha value is -2.08. The predicted molar refractivity (Wildman–Crippen MR) is 103 cm³/mol.